The average molecular weight is 327 g/mol. The van der Waals surface area contributed by atoms with Crippen LogP contribution in [0.15, 0.2) is 22.7 Å². The molecule has 2 aromatic rings. The molecule has 0 saturated heterocycles. The zero-order valence-corrected chi connectivity index (χ0v) is 13.2. The summed E-state index contributed by atoms with van der Waals surface area (Å²) in [6.45, 7) is 0.862. The van der Waals surface area contributed by atoms with Gasteiger partial charge in [-0.25, -0.2) is 13.1 Å². The van der Waals surface area contributed by atoms with E-state index in [2.05, 4.69) is 20.2 Å². The van der Waals surface area contributed by atoms with Gasteiger partial charge in [0, 0.05) is 24.5 Å². The zero-order valence-electron chi connectivity index (χ0n) is 11.6. The molecular weight excluding hydrogens is 310 g/mol. The Kier molecular flexibility index (Phi) is 4.07. The molecule has 1 aliphatic rings. The topological polar surface area (TPSA) is 88.9 Å². The fourth-order valence-electron chi connectivity index (χ4n) is 1.83. The van der Waals surface area contributed by atoms with Crippen LogP contribution in [0.25, 0.3) is 0 Å². The van der Waals surface area contributed by atoms with Crippen molar-refractivity contribution in [1.82, 2.24) is 24.8 Å². The van der Waals surface area contributed by atoms with E-state index < -0.39 is 10.0 Å². The van der Waals surface area contributed by atoms with Crippen molar-refractivity contribution in [1.29, 1.82) is 0 Å². The lowest BCUT2D eigenvalue weighted by Crippen LogP contribution is -2.24. The van der Waals surface area contributed by atoms with Crippen molar-refractivity contribution in [2.45, 2.75) is 36.2 Å². The molecule has 1 saturated carbocycles. The molecule has 9 heteroatoms. The van der Waals surface area contributed by atoms with E-state index in [1.54, 1.807) is 17.7 Å². The van der Waals surface area contributed by atoms with Gasteiger partial charge in [-0.3, -0.25) is 0 Å². The second-order valence-electron chi connectivity index (χ2n) is 5.06. The molecule has 7 nitrogen and oxygen atoms in total. The first-order valence-electron chi connectivity index (χ1n) is 6.69. The summed E-state index contributed by atoms with van der Waals surface area (Å²) in [5.41, 5.74) is 0. The predicted octanol–water partition coefficient (Wildman–Crippen LogP) is 0.607. The minimum absolute atomic E-state index is 0.131. The normalized spacial score (nSPS) is 15.5. The predicted molar refractivity (Wildman–Crippen MR) is 79.2 cm³/mol. The number of rotatable bonds is 7. The van der Waals surface area contributed by atoms with E-state index in [-0.39, 0.29) is 6.54 Å². The lowest BCUT2D eigenvalue weighted by atomic mass is 10.4. The number of nitrogens with zero attached hydrogens (tertiary/aromatic N) is 3. The van der Waals surface area contributed by atoms with Crippen LogP contribution in [0.4, 0.5) is 0 Å². The van der Waals surface area contributed by atoms with Crippen molar-refractivity contribution in [2.24, 2.45) is 7.05 Å². The molecule has 0 radical (unpaired) electrons. The van der Waals surface area contributed by atoms with Crippen LogP contribution >= 0.6 is 11.3 Å². The quantitative estimate of drug-likeness (QED) is 0.778. The highest BCUT2D eigenvalue weighted by Gasteiger charge is 2.21. The standard InChI is InChI=1S/C12H17N5O2S2/c1-17-8-14-16-11(17)7-15-21(18,19)12-5-4-10(20-12)6-13-9-2-3-9/h4-5,8-9,13,15H,2-3,6-7H2,1H3. The largest absolute Gasteiger partial charge is 0.320 e. The highest BCUT2D eigenvalue weighted by molar-refractivity contribution is 7.91. The maximum absolute atomic E-state index is 12.2. The van der Waals surface area contributed by atoms with Gasteiger partial charge in [-0.2, -0.15) is 0 Å². The Morgan fingerprint density at radius 1 is 1.38 bits per heavy atom. The lowest BCUT2D eigenvalue weighted by molar-refractivity contribution is 0.579. The van der Waals surface area contributed by atoms with E-state index in [1.807, 2.05) is 6.07 Å². The molecule has 0 bridgehead atoms. The van der Waals surface area contributed by atoms with Crippen LogP contribution in [0.5, 0.6) is 0 Å². The minimum Gasteiger partial charge on any atom is -0.320 e. The van der Waals surface area contributed by atoms with Crippen LogP contribution in [0, 0.1) is 0 Å². The summed E-state index contributed by atoms with van der Waals surface area (Å²) >= 11 is 1.30. The summed E-state index contributed by atoms with van der Waals surface area (Å²) in [5.74, 6) is 0.575. The van der Waals surface area contributed by atoms with Crippen molar-refractivity contribution in [3.63, 3.8) is 0 Å². The van der Waals surface area contributed by atoms with Gasteiger partial charge in [0.1, 0.15) is 16.4 Å². The van der Waals surface area contributed by atoms with Gasteiger partial charge in [0.05, 0.1) is 6.54 Å². The van der Waals surface area contributed by atoms with Crippen molar-refractivity contribution < 1.29 is 8.42 Å². The van der Waals surface area contributed by atoms with Gasteiger partial charge in [-0.1, -0.05) is 0 Å². The van der Waals surface area contributed by atoms with Crippen LogP contribution in [-0.4, -0.2) is 29.2 Å². The highest BCUT2D eigenvalue weighted by Crippen LogP contribution is 2.24. The lowest BCUT2D eigenvalue weighted by Gasteiger charge is -2.04. The highest BCUT2D eigenvalue weighted by atomic mass is 32.2. The number of thiophene rings is 1. The molecule has 2 aromatic heterocycles. The molecule has 114 valence electrons. The second kappa shape index (κ2) is 5.84. The Labute approximate surface area is 127 Å². The number of aromatic nitrogens is 3. The third-order valence-electron chi connectivity index (χ3n) is 3.27. The molecule has 0 aliphatic heterocycles. The van der Waals surface area contributed by atoms with E-state index in [4.69, 9.17) is 0 Å². The molecule has 1 fully saturated rings. The van der Waals surface area contributed by atoms with Gasteiger partial charge < -0.3 is 9.88 Å². The summed E-state index contributed by atoms with van der Waals surface area (Å²) in [5, 5.41) is 10.9. The summed E-state index contributed by atoms with van der Waals surface area (Å²) < 4.78 is 29.0. The zero-order chi connectivity index (χ0) is 14.9. The van der Waals surface area contributed by atoms with E-state index in [0.29, 0.717) is 16.1 Å². The molecule has 0 spiro atoms. The maximum atomic E-state index is 12.2. The number of sulfonamides is 1. The summed E-state index contributed by atoms with van der Waals surface area (Å²) in [7, 11) is -1.72. The van der Waals surface area contributed by atoms with E-state index in [1.165, 1.54) is 30.5 Å². The van der Waals surface area contributed by atoms with Crippen LogP contribution in [-0.2, 0) is 30.2 Å². The molecule has 0 atom stereocenters. The summed E-state index contributed by atoms with van der Waals surface area (Å²) in [4.78, 5) is 1.03. The fourth-order valence-corrected chi connectivity index (χ4v) is 4.16. The minimum atomic E-state index is -3.50. The average Bonchev–Trinajstić information content (AvgIpc) is 2.98. The number of nitrogens with one attached hydrogen (secondary N) is 2. The molecule has 2 N–H and O–H groups in total. The van der Waals surface area contributed by atoms with Gasteiger partial charge in [0.15, 0.2) is 0 Å². The Morgan fingerprint density at radius 2 is 2.19 bits per heavy atom. The van der Waals surface area contributed by atoms with E-state index in [9.17, 15) is 8.42 Å². The number of aryl methyl sites for hydroxylation is 1. The molecule has 3 rings (SSSR count). The van der Waals surface area contributed by atoms with Gasteiger partial charge >= 0.3 is 0 Å². The first-order valence-corrected chi connectivity index (χ1v) is 8.99. The number of hydrogen-bond donors (Lipinski definition) is 2. The van der Waals surface area contributed by atoms with E-state index in [0.717, 1.165) is 11.4 Å². The summed E-state index contributed by atoms with van der Waals surface area (Å²) in [6, 6.07) is 4.12. The monoisotopic (exact) mass is 327 g/mol. The third kappa shape index (κ3) is 3.67. The molecule has 2 heterocycles. The molecule has 21 heavy (non-hydrogen) atoms. The van der Waals surface area contributed by atoms with Gasteiger partial charge in [0.2, 0.25) is 10.0 Å². The molecule has 1 aliphatic carbocycles. The molecular formula is C12H17N5O2S2. The molecule has 0 aromatic carbocycles. The third-order valence-corrected chi connectivity index (χ3v) is 6.25. The van der Waals surface area contributed by atoms with Crippen molar-refractivity contribution in [3.05, 3.63) is 29.2 Å². The first kappa shape index (κ1) is 14.6. The summed E-state index contributed by atoms with van der Waals surface area (Å²) in [6.07, 6.45) is 3.97. The van der Waals surface area contributed by atoms with Gasteiger partial charge in [0.25, 0.3) is 0 Å². The number of hydrogen-bond acceptors (Lipinski definition) is 6. The molecule has 0 amide bonds. The Hall–Kier alpha value is -1.29. The molecule has 0 unspecified atom stereocenters. The second-order valence-corrected chi connectivity index (χ2v) is 8.22. The Morgan fingerprint density at radius 3 is 2.86 bits per heavy atom. The Balaban J connectivity index is 1.62. The van der Waals surface area contributed by atoms with Crippen LogP contribution in [0.2, 0.25) is 0 Å². The van der Waals surface area contributed by atoms with E-state index >= 15 is 0 Å². The first-order chi connectivity index (χ1) is 10.0. The van der Waals surface area contributed by atoms with Crippen molar-refractivity contribution in [3.8, 4) is 0 Å². The van der Waals surface area contributed by atoms with Crippen molar-refractivity contribution >= 4 is 21.4 Å². The van der Waals surface area contributed by atoms with Crippen molar-refractivity contribution in [2.75, 3.05) is 0 Å². The van der Waals surface area contributed by atoms with Crippen LogP contribution in [0.1, 0.15) is 23.5 Å². The van der Waals surface area contributed by atoms with Crippen LogP contribution < -0.4 is 10.0 Å². The van der Waals surface area contributed by atoms with Crippen LogP contribution in [0.3, 0.4) is 0 Å². The van der Waals surface area contributed by atoms with Gasteiger partial charge in [-0.05, 0) is 25.0 Å². The fraction of sp³-hybridized carbons (Fsp3) is 0.500. The van der Waals surface area contributed by atoms with Gasteiger partial charge in [-0.15, -0.1) is 21.5 Å². The SMILES string of the molecule is Cn1cnnc1CNS(=O)(=O)c1ccc(CNC2CC2)s1. The smallest absolute Gasteiger partial charge is 0.250 e. The Bertz CT molecular complexity index is 718. The maximum Gasteiger partial charge on any atom is 0.250 e.